The second-order valence-electron chi connectivity index (χ2n) is 6.24. The molecule has 24 heavy (non-hydrogen) atoms. The van der Waals surface area contributed by atoms with Gasteiger partial charge in [0.1, 0.15) is 16.7 Å². The van der Waals surface area contributed by atoms with Gasteiger partial charge in [0.15, 0.2) is 0 Å². The van der Waals surface area contributed by atoms with Crippen molar-refractivity contribution in [3.63, 3.8) is 0 Å². The van der Waals surface area contributed by atoms with Crippen molar-refractivity contribution in [3.8, 4) is 10.6 Å². The van der Waals surface area contributed by atoms with Crippen molar-refractivity contribution in [2.45, 2.75) is 38.8 Å². The standard InChI is InChI=1S/C17H20N2O4S/c1-17(2,3)23-16(22)19-13(15(20)21)9-12-10-18-14(24-12)11-7-5-4-6-8-11/h4-8,10,13H,9H2,1-3H3,(H,19,22)(H,20,21). The third-order valence-corrected chi connectivity index (χ3v) is 4.04. The molecule has 0 bridgehead atoms. The molecule has 0 aliphatic rings. The molecule has 1 unspecified atom stereocenters. The van der Waals surface area contributed by atoms with Crippen molar-refractivity contribution < 1.29 is 19.4 Å². The van der Waals surface area contributed by atoms with Crippen LogP contribution in [0.2, 0.25) is 0 Å². The first-order chi connectivity index (χ1) is 11.2. The fourth-order valence-electron chi connectivity index (χ4n) is 1.97. The lowest BCUT2D eigenvalue weighted by Gasteiger charge is -2.21. The molecule has 1 amide bonds. The molecule has 0 spiro atoms. The van der Waals surface area contributed by atoms with Gasteiger partial charge in [0.25, 0.3) is 0 Å². The molecule has 0 aliphatic carbocycles. The number of hydrogen-bond acceptors (Lipinski definition) is 5. The minimum absolute atomic E-state index is 0.152. The summed E-state index contributed by atoms with van der Waals surface area (Å²) in [6.07, 6.45) is 1.04. The summed E-state index contributed by atoms with van der Waals surface area (Å²) in [5.41, 5.74) is 0.290. The van der Waals surface area contributed by atoms with Crippen LogP contribution < -0.4 is 5.32 Å². The first-order valence-electron chi connectivity index (χ1n) is 7.47. The number of carboxylic acid groups (broad SMARTS) is 1. The highest BCUT2D eigenvalue weighted by molar-refractivity contribution is 7.15. The van der Waals surface area contributed by atoms with E-state index in [9.17, 15) is 14.7 Å². The molecule has 0 saturated heterocycles. The number of aliphatic carboxylic acids is 1. The highest BCUT2D eigenvalue weighted by Gasteiger charge is 2.25. The van der Waals surface area contributed by atoms with Crippen LogP contribution in [0.25, 0.3) is 10.6 Å². The molecule has 1 heterocycles. The number of thiazole rings is 1. The molecule has 0 aliphatic heterocycles. The Labute approximate surface area is 144 Å². The lowest BCUT2D eigenvalue weighted by atomic mass is 10.2. The summed E-state index contributed by atoms with van der Waals surface area (Å²) >= 11 is 1.41. The molecule has 0 fully saturated rings. The number of aromatic nitrogens is 1. The minimum Gasteiger partial charge on any atom is -0.480 e. The summed E-state index contributed by atoms with van der Waals surface area (Å²) in [7, 11) is 0. The van der Waals surface area contributed by atoms with Crippen molar-refractivity contribution in [1.29, 1.82) is 0 Å². The van der Waals surface area contributed by atoms with Crippen LogP contribution >= 0.6 is 11.3 Å². The van der Waals surface area contributed by atoms with Crippen LogP contribution in [0.3, 0.4) is 0 Å². The number of nitrogens with zero attached hydrogens (tertiary/aromatic N) is 1. The Kier molecular flexibility index (Phi) is 5.56. The summed E-state index contributed by atoms with van der Waals surface area (Å²) in [5, 5.41) is 12.5. The topological polar surface area (TPSA) is 88.5 Å². The highest BCUT2D eigenvalue weighted by Crippen LogP contribution is 2.25. The number of rotatable bonds is 5. The number of amides is 1. The Morgan fingerprint density at radius 2 is 1.96 bits per heavy atom. The fourth-order valence-corrected chi connectivity index (χ4v) is 2.93. The summed E-state index contributed by atoms with van der Waals surface area (Å²) in [5.74, 6) is -1.12. The summed E-state index contributed by atoms with van der Waals surface area (Å²) in [4.78, 5) is 28.3. The van der Waals surface area contributed by atoms with Gasteiger partial charge in [-0.25, -0.2) is 14.6 Å². The van der Waals surface area contributed by atoms with E-state index >= 15 is 0 Å². The molecular weight excluding hydrogens is 328 g/mol. The van der Waals surface area contributed by atoms with Crippen molar-refractivity contribution in [3.05, 3.63) is 41.4 Å². The number of hydrogen-bond donors (Lipinski definition) is 2. The number of nitrogens with one attached hydrogen (secondary N) is 1. The van der Waals surface area contributed by atoms with Gasteiger partial charge in [-0.1, -0.05) is 30.3 Å². The first-order valence-corrected chi connectivity index (χ1v) is 8.29. The van der Waals surface area contributed by atoms with E-state index in [1.54, 1.807) is 27.0 Å². The molecule has 0 saturated carbocycles. The van der Waals surface area contributed by atoms with Crippen molar-refractivity contribution >= 4 is 23.4 Å². The largest absolute Gasteiger partial charge is 0.480 e. The molecule has 2 aromatic rings. The van der Waals surface area contributed by atoms with E-state index in [1.807, 2.05) is 30.3 Å². The van der Waals surface area contributed by atoms with Gasteiger partial charge in [-0.15, -0.1) is 11.3 Å². The maximum absolute atomic E-state index is 11.8. The van der Waals surface area contributed by atoms with Gasteiger partial charge in [0.2, 0.25) is 0 Å². The monoisotopic (exact) mass is 348 g/mol. The smallest absolute Gasteiger partial charge is 0.408 e. The van der Waals surface area contributed by atoms with E-state index in [4.69, 9.17) is 4.74 Å². The number of carbonyl (C=O) groups is 2. The Balaban J connectivity index is 2.05. The van der Waals surface area contributed by atoms with Crippen LogP contribution in [0.1, 0.15) is 25.6 Å². The zero-order chi connectivity index (χ0) is 17.7. The number of carboxylic acids is 1. The molecule has 1 atom stereocenters. The van der Waals surface area contributed by atoms with Crippen molar-refractivity contribution in [2.75, 3.05) is 0 Å². The number of carbonyl (C=O) groups excluding carboxylic acids is 1. The zero-order valence-corrected chi connectivity index (χ0v) is 14.6. The molecule has 7 heteroatoms. The molecule has 1 aromatic carbocycles. The van der Waals surface area contributed by atoms with E-state index in [1.165, 1.54) is 11.3 Å². The summed E-state index contributed by atoms with van der Waals surface area (Å²) in [6, 6.07) is 8.57. The molecule has 2 rings (SSSR count). The fraction of sp³-hybridized carbons (Fsp3) is 0.353. The second kappa shape index (κ2) is 7.44. The zero-order valence-electron chi connectivity index (χ0n) is 13.8. The Morgan fingerprint density at radius 1 is 1.29 bits per heavy atom. The van der Waals surface area contributed by atoms with E-state index < -0.39 is 23.7 Å². The van der Waals surface area contributed by atoms with Gasteiger partial charge in [-0.2, -0.15) is 0 Å². The average Bonchev–Trinajstić information content (AvgIpc) is 2.94. The predicted octanol–water partition coefficient (Wildman–Crippen LogP) is 3.33. The minimum atomic E-state index is -1.12. The van der Waals surface area contributed by atoms with E-state index in [0.717, 1.165) is 15.4 Å². The quantitative estimate of drug-likeness (QED) is 0.865. The van der Waals surface area contributed by atoms with Crippen LogP contribution in [0, 0.1) is 0 Å². The number of alkyl carbamates (subject to hydrolysis) is 1. The second-order valence-corrected chi connectivity index (χ2v) is 7.35. The molecular formula is C17H20N2O4S. The third-order valence-electron chi connectivity index (χ3n) is 2.97. The molecule has 1 aromatic heterocycles. The van der Waals surface area contributed by atoms with E-state index in [0.29, 0.717) is 0 Å². The van der Waals surface area contributed by atoms with Gasteiger partial charge < -0.3 is 15.2 Å². The summed E-state index contributed by atoms with van der Waals surface area (Å²) in [6.45, 7) is 5.16. The van der Waals surface area contributed by atoms with Crippen LogP contribution in [0.4, 0.5) is 4.79 Å². The van der Waals surface area contributed by atoms with Crippen molar-refractivity contribution in [2.24, 2.45) is 0 Å². The van der Waals surface area contributed by atoms with Crippen LogP contribution in [-0.4, -0.2) is 33.8 Å². The molecule has 128 valence electrons. The normalized spacial score (nSPS) is 12.5. The number of benzene rings is 1. The number of ether oxygens (including phenoxy) is 1. The lowest BCUT2D eigenvalue weighted by molar-refractivity contribution is -0.139. The Hall–Kier alpha value is -2.41. The van der Waals surface area contributed by atoms with E-state index in [-0.39, 0.29) is 6.42 Å². The highest BCUT2D eigenvalue weighted by atomic mass is 32.1. The van der Waals surface area contributed by atoms with Gasteiger partial charge in [-0.05, 0) is 20.8 Å². The lowest BCUT2D eigenvalue weighted by Crippen LogP contribution is -2.44. The first kappa shape index (κ1) is 17.9. The van der Waals surface area contributed by atoms with Crippen molar-refractivity contribution in [1.82, 2.24) is 10.3 Å². The predicted molar refractivity (Wildman–Crippen MR) is 92.0 cm³/mol. The maximum atomic E-state index is 11.8. The third kappa shape index (κ3) is 5.34. The summed E-state index contributed by atoms with van der Waals surface area (Å²) < 4.78 is 5.10. The van der Waals surface area contributed by atoms with Gasteiger partial charge >= 0.3 is 12.1 Å². The Bertz CT molecular complexity index is 707. The van der Waals surface area contributed by atoms with Crippen LogP contribution in [0.15, 0.2) is 36.5 Å². The van der Waals surface area contributed by atoms with Gasteiger partial charge in [-0.3, -0.25) is 0 Å². The maximum Gasteiger partial charge on any atom is 0.408 e. The van der Waals surface area contributed by atoms with Gasteiger partial charge in [0, 0.05) is 23.1 Å². The Morgan fingerprint density at radius 3 is 2.54 bits per heavy atom. The molecule has 0 radical (unpaired) electrons. The van der Waals surface area contributed by atoms with Crippen LogP contribution in [-0.2, 0) is 16.0 Å². The van der Waals surface area contributed by atoms with E-state index in [2.05, 4.69) is 10.3 Å². The van der Waals surface area contributed by atoms with Crippen LogP contribution in [0.5, 0.6) is 0 Å². The molecule has 6 nitrogen and oxygen atoms in total. The SMILES string of the molecule is CC(C)(C)OC(=O)NC(Cc1cnc(-c2ccccc2)s1)C(=O)O. The molecule has 2 N–H and O–H groups in total. The average molecular weight is 348 g/mol. The van der Waals surface area contributed by atoms with Gasteiger partial charge in [0.05, 0.1) is 0 Å².